The van der Waals surface area contributed by atoms with Crippen LogP contribution in [0.5, 0.6) is 11.5 Å². The lowest BCUT2D eigenvalue weighted by atomic mass is 10.2. The van der Waals surface area contributed by atoms with Gasteiger partial charge in [-0.1, -0.05) is 11.6 Å². The highest BCUT2D eigenvalue weighted by atomic mass is 35.5. The first-order valence-corrected chi connectivity index (χ1v) is 8.48. The molecular weight excluding hydrogens is 344 g/mol. The van der Waals surface area contributed by atoms with E-state index in [0.717, 1.165) is 6.54 Å². The van der Waals surface area contributed by atoms with Crippen molar-refractivity contribution in [1.29, 1.82) is 0 Å². The summed E-state index contributed by atoms with van der Waals surface area (Å²) in [5, 5.41) is 10.7. The minimum absolute atomic E-state index is 0.0710. The lowest BCUT2D eigenvalue weighted by Crippen LogP contribution is -2.51. The molecule has 7 nitrogen and oxygen atoms in total. The Labute approximate surface area is 151 Å². The predicted octanol–water partition coefficient (Wildman–Crippen LogP) is 2.08. The van der Waals surface area contributed by atoms with E-state index in [-0.39, 0.29) is 18.6 Å². The van der Waals surface area contributed by atoms with Crippen LogP contribution in [-0.4, -0.2) is 53.8 Å². The van der Waals surface area contributed by atoms with Crippen LogP contribution in [0.3, 0.4) is 0 Å². The van der Waals surface area contributed by atoms with Gasteiger partial charge >= 0.3 is 0 Å². The minimum Gasteiger partial charge on any atom is -0.497 e. The van der Waals surface area contributed by atoms with Gasteiger partial charge in [0.15, 0.2) is 5.69 Å². The van der Waals surface area contributed by atoms with Gasteiger partial charge in [0.2, 0.25) is 0 Å². The zero-order valence-corrected chi connectivity index (χ0v) is 15.0. The molecule has 1 atom stereocenters. The summed E-state index contributed by atoms with van der Waals surface area (Å²) in [6.07, 6.45) is 0. The number of aromatic nitrogens is 2. The Morgan fingerprint density at radius 1 is 1.44 bits per heavy atom. The van der Waals surface area contributed by atoms with Gasteiger partial charge in [0.25, 0.3) is 5.91 Å². The zero-order valence-electron chi connectivity index (χ0n) is 14.2. The summed E-state index contributed by atoms with van der Waals surface area (Å²) in [5.41, 5.74) is 1.10. The quantitative estimate of drug-likeness (QED) is 0.849. The second-order valence-electron chi connectivity index (χ2n) is 5.97. The highest BCUT2D eigenvalue weighted by molar-refractivity contribution is 6.32. The monoisotopic (exact) mass is 364 g/mol. The summed E-state index contributed by atoms with van der Waals surface area (Å²) in [6.45, 7) is 4.46. The number of rotatable bonds is 5. The molecule has 134 valence electrons. The first-order valence-electron chi connectivity index (χ1n) is 8.10. The summed E-state index contributed by atoms with van der Waals surface area (Å²) in [4.78, 5) is 14.3. The van der Waals surface area contributed by atoms with Gasteiger partial charge in [-0.15, -0.1) is 0 Å². The third kappa shape index (κ3) is 4.24. The fourth-order valence-corrected chi connectivity index (χ4v) is 2.93. The number of nitrogens with one attached hydrogen (secondary N) is 2. The minimum atomic E-state index is -0.0710. The number of carbonyl (C=O) groups is 1. The molecule has 8 heteroatoms. The fourth-order valence-electron chi connectivity index (χ4n) is 2.70. The fraction of sp³-hybridized carbons (Fsp3) is 0.412. The van der Waals surface area contributed by atoms with Crippen molar-refractivity contribution in [3.05, 3.63) is 40.7 Å². The highest BCUT2D eigenvalue weighted by Crippen LogP contribution is 2.29. The van der Waals surface area contributed by atoms with Gasteiger partial charge in [-0.3, -0.25) is 9.89 Å². The first kappa shape index (κ1) is 17.6. The van der Waals surface area contributed by atoms with Gasteiger partial charge in [0, 0.05) is 31.7 Å². The standard InChI is InChI=1S/C17H21ClN4O3/c1-11-9-22(6-5-19-11)17(23)15-7-12(20-21-15)10-25-16-4-3-13(24-2)8-14(16)18/h3-4,7-8,11,19H,5-6,9-10H2,1-2H3,(H,20,21)/t11-/m1/s1. The number of nitrogens with zero attached hydrogens (tertiary/aromatic N) is 2. The van der Waals surface area contributed by atoms with Crippen molar-refractivity contribution in [2.75, 3.05) is 26.7 Å². The van der Waals surface area contributed by atoms with E-state index in [9.17, 15) is 4.79 Å². The van der Waals surface area contributed by atoms with E-state index in [1.165, 1.54) is 0 Å². The summed E-state index contributed by atoms with van der Waals surface area (Å²) in [6, 6.07) is 7.20. The Hall–Kier alpha value is -2.25. The summed E-state index contributed by atoms with van der Waals surface area (Å²) < 4.78 is 10.8. The number of carbonyl (C=O) groups excluding carboxylic acids is 1. The average Bonchev–Trinajstić information content (AvgIpc) is 3.09. The Bertz CT molecular complexity index is 749. The van der Waals surface area contributed by atoms with Crippen molar-refractivity contribution >= 4 is 17.5 Å². The van der Waals surface area contributed by atoms with Crippen molar-refractivity contribution in [1.82, 2.24) is 20.4 Å². The van der Waals surface area contributed by atoms with Crippen LogP contribution in [0.15, 0.2) is 24.3 Å². The van der Waals surface area contributed by atoms with Gasteiger partial charge in [-0.05, 0) is 25.1 Å². The van der Waals surface area contributed by atoms with Gasteiger partial charge in [-0.2, -0.15) is 5.10 Å². The van der Waals surface area contributed by atoms with E-state index in [1.807, 2.05) is 4.90 Å². The zero-order chi connectivity index (χ0) is 17.8. The van der Waals surface area contributed by atoms with Crippen LogP contribution in [-0.2, 0) is 6.61 Å². The van der Waals surface area contributed by atoms with Crippen molar-refractivity contribution in [3.8, 4) is 11.5 Å². The number of amides is 1. The maximum Gasteiger partial charge on any atom is 0.274 e. The molecule has 1 saturated heterocycles. The molecule has 0 unspecified atom stereocenters. The maximum atomic E-state index is 12.5. The van der Waals surface area contributed by atoms with Crippen molar-refractivity contribution in [3.63, 3.8) is 0 Å². The Morgan fingerprint density at radius 2 is 2.28 bits per heavy atom. The van der Waals surface area contributed by atoms with Crippen LogP contribution < -0.4 is 14.8 Å². The number of hydrogen-bond donors (Lipinski definition) is 2. The van der Waals surface area contributed by atoms with Crippen LogP contribution in [0.25, 0.3) is 0 Å². The summed E-state index contributed by atoms with van der Waals surface area (Å²) in [7, 11) is 1.58. The molecule has 1 amide bonds. The molecule has 1 aromatic heterocycles. The molecule has 1 aromatic carbocycles. The van der Waals surface area contributed by atoms with E-state index in [2.05, 4.69) is 22.4 Å². The van der Waals surface area contributed by atoms with Crippen LogP contribution in [0, 0.1) is 0 Å². The Kier molecular flexibility index (Phi) is 5.45. The second kappa shape index (κ2) is 7.76. The second-order valence-corrected chi connectivity index (χ2v) is 6.38. The number of benzene rings is 1. The molecule has 1 aliphatic heterocycles. The molecule has 0 spiro atoms. The van der Waals surface area contributed by atoms with Crippen LogP contribution in [0.2, 0.25) is 5.02 Å². The number of piperazine rings is 1. The normalized spacial score (nSPS) is 17.4. The summed E-state index contributed by atoms with van der Waals surface area (Å²) in [5.74, 6) is 1.14. The smallest absolute Gasteiger partial charge is 0.274 e. The molecular formula is C17H21ClN4O3. The Morgan fingerprint density at radius 3 is 3.00 bits per heavy atom. The number of hydrogen-bond acceptors (Lipinski definition) is 5. The molecule has 2 aromatic rings. The van der Waals surface area contributed by atoms with E-state index >= 15 is 0 Å². The van der Waals surface area contributed by atoms with E-state index in [0.29, 0.717) is 41.0 Å². The van der Waals surface area contributed by atoms with E-state index in [4.69, 9.17) is 21.1 Å². The SMILES string of the molecule is COc1ccc(OCc2cc(C(=O)N3CCN[C@H](C)C3)n[nH]2)c(Cl)c1. The summed E-state index contributed by atoms with van der Waals surface area (Å²) >= 11 is 6.15. The molecule has 2 heterocycles. The molecule has 0 bridgehead atoms. The number of halogens is 1. The number of aromatic amines is 1. The molecule has 0 radical (unpaired) electrons. The van der Waals surface area contributed by atoms with Crippen molar-refractivity contribution < 1.29 is 14.3 Å². The van der Waals surface area contributed by atoms with Crippen LogP contribution in [0.1, 0.15) is 23.1 Å². The molecule has 0 aliphatic carbocycles. The van der Waals surface area contributed by atoms with Crippen molar-refractivity contribution in [2.24, 2.45) is 0 Å². The number of methoxy groups -OCH3 is 1. The molecule has 2 N–H and O–H groups in total. The Balaban J connectivity index is 1.61. The maximum absolute atomic E-state index is 12.5. The lowest BCUT2D eigenvalue weighted by molar-refractivity contribution is 0.0703. The number of H-pyrrole nitrogens is 1. The average molecular weight is 365 g/mol. The van der Waals surface area contributed by atoms with Gasteiger partial charge in [-0.25, -0.2) is 0 Å². The molecule has 1 fully saturated rings. The first-order chi connectivity index (χ1) is 12.1. The third-order valence-electron chi connectivity index (χ3n) is 4.03. The van der Waals surface area contributed by atoms with Gasteiger partial charge in [0.1, 0.15) is 18.1 Å². The van der Waals surface area contributed by atoms with Gasteiger partial charge < -0.3 is 19.7 Å². The third-order valence-corrected chi connectivity index (χ3v) is 4.32. The topological polar surface area (TPSA) is 79.5 Å². The molecule has 25 heavy (non-hydrogen) atoms. The predicted molar refractivity (Wildman–Crippen MR) is 94.3 cm³/mol. The van der Waals surface area contributed by atoms with Crippen LogP contribution >= 0.6 is 11.6 Å². The molecule has 0 saturated carbocycles. The van der Waals surface area contributed by atoms with E-state index < -0.39 is 0 Å². The van der Waals surface area contributed by atoms with E-state index in [1.54, 1.807) is 31.4 Å². The highest BCUT2D eigenvalue weighted by Gasteiger charge is 2.23. The number of ether oxygens (including phenoxy) is 2. The molecule has 3 rings (SSSR count). The largest absolute Gasteiger partial charge is 0.497 e. The van der Waals surface area contributed by atoms with Crippen LogP contribution in [0.4, 0.5) is 0 Å². The lowest BCUT2D eigenvalue weighted by Gasteiger charge is -2.31. The van der Waals surface area contributed by atoms with Gasteiger partial charge in [0.05, 0.1) is 17.8 Å². The molecule has 1 aliphatic rings. The van der Waals surface area contributed by atoms with Crippen molar-refractivity contribution in [2.45, 2.75) is 19.6 Å².